The Bertz CT molecular complexity index is 336. The van der Waals surface area contributed by atoms with Crippen molar-refractivity contribution in [2.45, 2.75) is 45.6 Å². The third-order valence-corrected chi connectivity index (χ3v) is 3.73. The summed E-state index contributed by atoms with van der Waals surface area (Å²) in [6, 6.07) is 4.14. The van der Waals surface area contributed by atoms with Crippen LogP contribution in [0.5, 0.6) is 0 Å². The Morgan fingerprint density at radius 1 is 1.50 bits per heavy atom. The molecule has 0 aliphatic rings. The van der Waals surface area contributed by atoms with Crippen molar-refractivity contribution in [1.29, 1.82) is 0 Å². The predicted octanol–water partition coefficient (Wildman–Crippen LogP) is 2.59. The second kappa shape index (κ2) is 8.27. The van der Waals surface area contributed by atoms with E-state index in [0.717, 1.165) is 19.3 Å². The summed E-state index contributed by atoms with van der Waals surface area (Å²) in [6.07, 6.45) is 2.90. The quantitative estimate of drug-likeness (QED) is 0.762. The number of carbonyl (C=O) groups excluding carboxylic acids is 1. The molecule has 1 heterocycles. The Labute approximate surface area is 113 Å². The van der Waals surface area contributed by atoms with Gasteiger partial charge >= 0.3 is 0 Å². The highest BCUT2D eigenvalue weighted by atomic mass is 32.1. The van der Waals surface area contributed by atoms with Crippen molar-refractivity contribution in [2.75, 3.05) is 6.54 Å². The van der Waals surface area contributed by atoms with Gasteiger partial charge in [-0.2, -0.15) is 0 Å². The molecule has 2 N–H and O–H groups in total. The number of rotatable bonds is 8. The average molecular weight is 269 g/mol. The van der Waals surface area contributed by atoms with E-state index in [1.807, 2.05) is 13.0 Å². The van der Waals surface area contributed by atoms with Gasteiger partial charge in [-0.15, -0.1) is 11.3 Å². The maximum atomic E-state index is 11.6. The predicted molar refractivity (Wildman–Crippen MR) is 75.7 cm³/mol. The molecule has 0 bridgehead atoms. The monoisotopic (exact) mass is 269 g/mol. The summed E-state index contributed by atoms with van der Waals surface area (Å²) in [5, 5.41) is 14.2. The van der Waals surface area contributed by atoms with E-state index in [-0.39, 0.29) is 12.0 Å². The van der Waals surface area contributed by atoms with Crippen LogP contribution in [0.2, 0.25) is 0 Å². The Morgan fingerprint density at radius 3 is 2.89 bits per heavy atom. The standard InChI is InChI=1S/C14H23NO2S/c1-11(9-12(2)16)10-15-14(17)7-3-5-13-6-4-8-18-13/h4,6,8,11-12,16H,3,5,7,9-10H2,1-2H3,(H,15,17). The van der Waals surface area contributed by atoms with Crippen LogP contribution in [0.4, 0.5) is 0 Å². The zero-order valence-electron chi connectivity index (χ0n) is 11.2. The summed E-state index contributed by atoms with van der Waals surface area (Å²) >= 11 is 1.74. The fraction of sp³-hybridized carbons (Fsp3) is 0.643. The summed E-state index contributed by atoms with van der Waals surface area (Å²) in [4.78, 5) is 12.9. The number of nitrogens with one attached hydrogen (secondary N) is 1. The number of thiophene rings is 1. The minimum absolute atomic E-state index is 0.115. The van der Waals surface area contributed by atoms with Crippen molar-refractivity contribution >= 4 is 17.2 Å². The van der Waals surface area contributed by atoms with Gasteiger partial charge in [-0.3, -0.25) is 4.79 Å². The Balaban J connectivity index is 2.07. The van der Waals surface area contributed by atoms with E-state index >= 15 is 0 Å². The van der Waals surface area contributed by atoms with Crippen LogP contribution < -0.4 is 5.32 Å². The van der Waals surface area contributed by atoms with Crippen LogP contribution in [-0.4, -0.2) is 23.7 Å². The highest BCUT2D eigenvalue weighted by Crippen LogP contribution is 2.11. The van der Waals surface area contributed by atoms with Crippen molar-refractivity contribution < 1.29 is 9.90 Å². The van der Waals surface area contributed by atoms with Crippen molar-refractivity contribution in [3.05, 3.63) is 22.4 Å². The lowest BCUT2D eigenvalue weighted by molar-refractivity contribution is -0.121. The van der Waals surface area contributed by atoms with Gasteiger partial charge < -0.3 is 10.4 Å². The molecule has 1 aromatic rings. The third-order valence-electron chi connectivity index (χ3n) is 2.80. The lowest BCUT2D eigenvalue weighted by Crippen LogP contribution is -2.29. The van der Waals surface area contributed by atoms with Crippen molar-refractivity contribution in [2.24, 2.45) is 5.92 Å². The molecule has 1 aromatic heterocycles. The first-order valence-electron chi connectivity index (χ1n) is 6.55. The van der Waals surface area contributed by atoms with Gasteiger partial charge in [0.05, 0.1) is 6.10 Å². The van der Waals surface area contributed by atoms with Crippen LogP contribution in [0.15, 0.2) is 17.5 Å². The van der Waals surface area contributed by atoms with Gasteiger partial charge in [0, 0.05) is 17.8 Å². The largest absolute Gasteiger partial charge is 0.393 e. The summed E-state index contributed by atoms with van der Waals surface area (Å²) in [6.45, 7) is 4.47. The van der Waals surface area contributed by atoms with E-state index in [1.165, 1.54) is 4.88 Å². The van der Waals surface area contributed by atoms with Crippen molar-refractivity contribution in [3.63, 3.8) is 0 Å². The van der Waals surface area contributed by atoms with Gasteiger partial charge in [0.25, 0.3) is 0 Å². The molecule has 102 valence electrons. The molecule has 0 saturated heterocycles. The number of hydrogen-bond acceptors (Lipinski definition) is 3. The van der Waals surface area contributed by atoms with Crippen LogP contribution >= 0.6 is 11.3 Å². The number of carbonyl (C=O) groups is 1. The molecule has 2 unspecified atom stereocenters. The average Bonchev–Trinajstić information content (AvgIpc) is 2.78. The lowest BCUT2D eigenvalue weighted by atomic mass is 10.0. The molecule has 4 heteroatoms. The highest BCUT2D eigenvalue weighted by molar-refractivity contribution is 7.09. The maximum Gasteiger partial charge on any atom is 0.220 e. The maximum absolute atomic E-state index is 11.6. The second-order valence-corrected chi connectivity index (χ2v) is 5.96. The lowest BCUT2D eigenvalue weighted by Gasteiger charge is -2.14. The first-order valence-corrected chi connectivity index (χ1v) is 7.43. The molecule has 0 aliphatic heterocycles. The Morgan fingerprint density at radius 2 is 2.28 bits per heavy atom. The fourth-order valence-corrected chi connectivity index (χ4v) is 2.67. The molecule has 3 nitrogen and oxygen atoms in total. The summed E-state index contributed by atoms with van der Waals surface area (Å²) in [5.74, 6) is 0.440. The molecule has 2 atom stereocenters. The summed E-state index contributed by atoms with van der Waals surface area (Å²) in [5.41, 5.74) is 0. The SMILES string of the molecule is CC(O)CC(C)CNC(=O)CCCc1cccs1. The van der Waals surface area contributed by atoms with E-state index in [9.17, 15) is 9.90 Å². The molecule has 0 saturated carbocycles. The van der Waals surface area contributed by atoms with E-state index in [1.54, 1.807) is 18.3 Å². The highest BCUT2D eigenvalue weighted by Gasteiger charge is 2.08. The third kappa shape index (κ3) is 6.77. The van der Waals surface area contributed by atoms with E-state index in [0.29, 0.717) is 18.9 Å². The molecule has 0 fully saturated rings. The van der Waals surface area contributed by atoms with Gasteiger partial charge in [0.1, 0.15) is 0 Å². The van der Waals surface area contributed by atoms with Crippen LogP contribution in [-0.2, 0) is 11.2 Å². The van der Waals surface area contributed by atoms with Crippen LogP contribution in [0.3, 0.4) is 0 Å². The molecule has 18 heavy (non-hydrogen) atoms. The number of hydrogen-bond donors (Lipinski definition) is 2. The molecule has 0 aromatic carbocycles. The van der Waals surface area contributed by atoms with Gasteiger partial charge in [-0.25, -0.2) is 0 Å². The zero-order valence-corrected chi connectivity index (χ0v) is 12.0. The van der Waals surface area contributed by atoms with Crippen LogP contribution in [0, 0.1) is 5.92 Å². The van der Waals surface area contributed by atoms with E-state index < -0.39 is 0 Å². The van der Waals surface area contributed by atoms with Gasteiger partial charge in [0.2, 0.25) is 5.91 Å². The molecule has 0 spiro atoms. The molecule has 1 rings (SSSR count). The molecule has 0 radical (unpaired) electrons. The van der Waals surface area contributed by atoms with E-state index in [4.69, 9.17) is 0 Å². The first-order chi connectivity index (χ1) is 8.58. The topological polar surface area (TPSA) is 49.3 Å². The van der Waals surface area contributed by atoms with Gasteiger partial charge in [-0.05, 0) is 43.6 Å². The minimum Gasteiger partial charge on any atom is -0.393 e. The van der Waals surface area contributed by atoms with Gasteiger partial charge in [0.15, 0.2) is 0 Å². The zero-order chi connectivity index (χ0) is 13.4. The molecular weight excluding hydrogens is 246 g/mol. The van der Waals surface area contributed by atoms with Crippen LogP contribution in [0.25, 0.3) is 0 Å². The number of aryl methyl sites for hydroxylation is 1. The van der Waals surface area contributed by atoms with Gasteiger partial charge in [-0.1, -0.05) is 13.0 Å². The number of amides is 1. The van der Waals surface area contributed by atoms with Crippen molar-refractivity contribution in [1.82, 2.24) is 5.32 Å². The van der Waals surface area contributed by atoms with Crippen molar-refractivity contribution in [3.8, 4) is 0 Å². The molecular formula is C14H23NO2S. The Kier molecular flexibility index (Phi) is 6.98. The smallest absolute Gasteiger partial charge is 0.220 e. The fourth-order valence-electron chi connectivity index (χ4n) is 1.92. The van der Waals surface area contributed by atoms with E-state index in [2.05, 4.69) is 16.8 Å². The molecule has 0 aliphatic carbocycles. The summed E-state index contributed by atoms with van der Waals surface area (Å²) in [7, 11) is 0. The minimum atomic E-state index is -0.296. The normalized spacial score (nSPS) is 14.2. The second-order valence-electron chi connectivity index (χ2n) is 4.93. The number of aliphatic hydroxyl groups excluding tert-OH is 1. The summed E-state index contributed by atoms with van der Waals surface area (Å²) < 4.78 is 0. The first kappa shape index (κ1) is 15.2. The molecule has 1 amide bonds. The Hall–Kier alpha value is -0.870. The van der Waals surface area contributed by atoms with Crippen LogP contribution in [0.1, 0.15) is 38.0 Å². The number of aliphatic hydroxyl groups is 1.